The quantitative estimate of drug-likeness (QED) is 0.792. The molecule has 2 aromatic rings. The van der Waals surface area contributed by atoms with Gasteiger partial charge in [0.05, 0.1) is 6.20 Å². The number of rotatable bonds is 5. The van der Waals surface area contributed by atoms with Crippen LogP contribution in [0.15, 0.2) is 41.2 Å². The fourth-order valence-electron chi connectivity index (χ4n) is 1.46. The van der Waals surface area contributed by atoms with Crippen LogP contribution in [-0.2, 0) is 17.8 Å². The Morgan fingerprint density at radius 3 is 2.65 bits per heavy atom. The molecule has 0 saturated heterocycles. The summed E-state index contributed by atoms with van der Waals surface area (Å²) in [7, 11) is 0. The van der Waals surface area contributed by atoms with E-state index in [2.05, 4.69) is 5.16 Å². The molecule has 0 unspecified atom stereocenters. The highest BCUT2D eigenvalue weighted by molar-refractivity contribution is 5.78. The fraction of sp³-hybridized carbons (Fsp3) is 0.231. The van der Waals surface area contributed by atoms with Gasteiger partial charge in [0.15, 0.2) is 0 Å². The zero-order valence-corrected chi connectivity index (χ0v) is 9.55. The minimum Gasteiger partial charge on any atom is -0.489 e. The number of carbonyl (C=O) groups excluding carboxylic acids is 1. The summed E-state index contributed by atoms with van der Waals surface area (Å²) in [4.78, 5) is 10.9. The Morgan fingerprint density at radius 2 is 2.06 bits per heavy atom. The lowest BCUT2D eigenvalue weighted by Crippen LogP contribution is -1.97. The van der Waals surface area contributed by atoms with Crippen LogP contribution >= 0.6 is 0 Å². The molecule has 2 rings (SSSR count). The number of aromatic nitrogens is 1. The summed E-state index contributed by atoms with van der Waals surface area (Å²) in [6, 6.07) is 7.49. The SMILES string of the molecule is CC(=O)Cc1ccc(OCc2cnoc2)cc1. The monoisotopic (exact) mass is 231 g/mol. The van der Waals surface area contributed by atoms with Crippen LogP contribution in [0.5, 0.6) is 5.75 Å². The summed E-state index contributed by atoms with van der Waals surface area (Å²) in [6.07, 6.45) is 3.63. The Hall–Kier alpha value is -2.10. The zero-order chi connectivity index (χ0) is 12.1. The molecule has 1 aromatic carbocycles. The Labute approximate surface area is 99.2 Å². The molecule has 0 aliphatic rings. The fourth-order valence-corrected chi connectivity index (χ4v) is 1.46. The maximum Gasteiger partial charge on any atom is 0.134 e. The highest BCUT2D eigenvalue weighted by Gasteiger charge is 2.00. The Morgan fingerprint density at radius 1 is 1.29 bits per heavy atom. The van der Waals surface area contributed by atoms with Crippen LogP contribution in [0, 0.1) is 0 Å². The first-order chi connectivity index (χ1) is 8.24. The number of carbonyl (C=O) groups is 1. The lowest BCUT2D eigenvalue weighted by atomic mass is 10.1. The van der Waals surface area contributed by atoms with Gasteiger partial charge in [0.1, 0.15) is 24.4 Å². The normalized spacial score (nSPS) is 10.2. The van der Waals surface area contributed by atoms with Crippen molar-refractivity contribution < 1.29 is 14.1 Å². The van der Waals surface area contributed by atoms with E-state index in [1.165, 1.54) is 0 Å². The van der Waals surface area contributed by atoms with Gasteiger partial charge in [0, 0.05) is 12.0 Å². The van der Waals surface area contributed by atoms with E-state index in [-0.39, 0.29) is 5.78 Å². The third-order valence-electron chi connectivity index (χ3n) is 2.27. The number of benzene rings is 1. The van der Waals surface area contributed by atoms with E-state index in [0.29, 0.717) is 13.0 Å². The predicted molar refractivity (Wildman–Crippen MR) is 61.7 cm³/mol. The highest BCUT2D eigenvalue weighted by Crippen LogP contribution is 2.14. The summed E-state index contributed by atoms with van der Waals surface area (Å²) >= 11 is 0. The molecule has 4 nitrogen and oxygen atoms in total. The van der Waals surface area contributed by atoms with E-state index in [4.69, 9.17) is 9.26 Å². The van der Waals surface area contributed by atoms with Crippen molar-refractivity contribution in [1.29, 1.82) is 0 Å². The average molecular weight is 231 g/mol. The van der Waals surface area contributed by atoms with E-state index < -0.39 is 0 Å². The Bertz CT molecular complexity index is 474. The lowest BCUT2D eigenvalue weighted by Gasteiger charge is -2.04. The first kappa shape index (κ1) is 11.4. The van der Waals surface area contributed by atoms with Crippen molar-refractivity contribution >= 4 is 5.78 Å². The van der Waals surface area contributed by atoms with Crippen molar-refractivity contribution in [3.05, 3.63) is 47.9 Å². The van der Waals surface area contributed by atoms with Crippen molar-refractivity contribution in [2.45, 2.75) is 20.0 Å². The molecule has 0 saturated carbocycles. The molecule has 1 aromatic heterocycles. The molecule has 0 spiro atoms. The number of hydrogen-bond donors (Lipinski definition) is 0. The first-order valence-electron chi connectivity index (χ1n) is 5.33. The lowest BCUT2D eigenvalue weighted by molar-refractivity contribution is -0.116. The van der Waals surface area contributed by atoms with Gasteiger partial charge in [-0.2, -0.15) is 0 Å². The smallest absolute Gasteiger partial charge is 0.134 e. The number of hydrogen-bond acceptors (Lipinski definition) is 4. The van der Waals surface area contributed by atoms with Gasteiger partial charge < -0.3 is 9.26 Å². The van der Waals surface area contributed by atoms with Crippen molar-refractivity contribution in [3.63, 3.8) is 0 Å². The van der Waals surface area contributed by atoms with Crippen molar-refractivity contribution in [2.24, 2.45) is 0 Å². The topological polar surface area (TPSA) is 52.3 Å². The average Bonchev–Trinajstić information content (AvgIpc) is 2.80. The van der Waals surface area contributed by atoms with Crippen molar-refractivity contribution in [1.82, 2.24) is 5.16 Å². The van der Waals surface area contributed by atoms with E-state index in [0.717, 1.165) is 16.9 Å². The number of Topliss-reactive ketones (excluding diaryl/α,β-unsaturated/α-hetero) is 1. The Kier molecular flexibility index (Phi) is 3.55. The molecule has 1 heterocycles. The molecule has 0 N–H and O–H groups in total. The molecule has 17 heavy (non-hydrogen) atoms. The van der Waals surface area contributed by atoms with Gasteiger partial charge in [-0.25, -0.2) is 0 Å². The second-order valence-corrected chi connectivity index (χ2v) is 3.84. The van der Waals surface area contributed by atoms with E-state index >= 15 is 0 Å². The molecule has 0 aliphatic carbocycles. The largest absolute Gasteiger partial charge is 0.489 e. The van der Waals surface area contributed by atoms with Crippen molar-refractivity contribution in [3.8, 4) is 5.75 Å². The molecule has 0 amide bonds. The molecule has 0 fully saturated rings. The van der Waals surface area contributed by atoms with Crippen LogP contribution in [-0.4, -0.2) is 10.9 Å². The van der Waals surface area contributed by atoms with E-state index in [9.17, 15) is 4.79 Å². The summed E-state index contributed by atoms with van der Waals surface area (Å²) in [5.41, 5.74) is 1.88. The minimum absolute atomic E-state index is 0.156. The van der Waals surface area contributed by atoms with Crippen LogP contribution in [0.25, 0.3) is 0 Å². The van der Waals surface area contributed by atoms with Gasteiger partial charge in [0.25, 0.3) is 0 Å². The van der Waals surface area contributed by atoms with E-state index in [1.807, 2.05) is 24.3 Å². The van der Waals surface area contributed by atoms with Gasteiger partial charge in [-0.15, -0.1) is 0 Å². The second kappa shape index (κ2) is 5.30. The van der Waals surface area contributed by atoms with Gasteiger partial charge in [-0.1, -0.05) is 17.3 Å². The van der Waals surface area contributed by atoms with Crippen LogP contribution in [0.3, 0.4) is 0 Å². The maximum atomic E-state index is 10.9. The second-order valence-electron chi connectivity index (χ2n) is 3.84. The van der Waals surface area contributed by atoms with Gasteiger partial charge in [0.2, 0.25) is 0 Å². The van der Waals surface area contributed by atoms with E-state index in [1.54, 1.807) is 19.4 Å². The van der Waals surface area contributed by atoms with Crippen LogP contribution < -0.4 is 4.74 Å². The molecular formula is C13H13NO3. The molecule has 0 bridgehead atoms. The van der Waals surface area contributed by atoms with Gasteiger partial charge >= 0.3 is 0 Å². The standard InChI is InChI=1S/C13H13NO3/c1-10(15)6-11-2-4-13(5-3-11)16-8-12-7-14-17-9-12/h2-5,7,9H,6,8H2,1H3. The predicted octanol–water partition coefficient (Wildman–Crippen LogP) is 2.39. The molecular weight excluding hydrogens is 218 g/mol. The first-order valence-corrected chi connectivity index (χ1v) is 5.33. The van der Waals surface area contributed by atoms with Gasteiger partial charge in [-0.05, 0) is 24.6 Å². The summed E-state index contributed by atoms with van der Waals surface area (Å²) in [5.74, 6) is 0.918. The number of nitrogens with zero attached hydrogens (tertiary/aromatic N) is 1. The van der Waals surface area contributed by atoms with Gasteiger partial charge in [-0.3, -0.25) is 4.79 Å². The highest BCUT2D eigenvalue weighted by atomic mass is 16.5. The van der Waals surface area contributed by atoms with Crippen LogP contribution in [0.4, 0.5) is 0 Å². The molecule has 88 valence electrons. The Balaban J connectivity index is 1.91. The molecule has 4 heteroatoms. The molecule has 0 radical (unpaired) electrons. The van der Waals surface area contributed by atoms with Crippen molar-refractivity contribution in [2.75, 3.05) is 0 Å². The number of ether oxygens (including phenoxy) is 1. The number of ketones is 1. The summed E-state index contributed by atoms with van der Waals surface area (Å²) in [6.45, 7) is 2.01. The minimum atomic E-state index is 0.156. The zero-order valence-electron chi connectivity index (χ0n) is 9.55. The van der Waals surface area contributed by atoms with Crippen LogP contribution in [0.1, 0.15) is 18.1 Å². The van der Waals surface area contributed by atoms with Crippen LogP contribution in [0.2, 0.25) is 0 Å². The summed E-state index contributed by atoms with van der Waals surface area (Å²) < 4.78 is 10.2. The summed E-state index contributed by atoms with van der Waals surface area (Å²) in [5, 5.41) is 3.59. The maximum absolute atomic E-state index is 10.9. The third-order valence-corrected chi connectivity index (χ3v) is 2.27. The molecule has 0 atom stereocenters. The molecule has 0 aliphatic heterocycles. The third kappa shape index (κ3) is 3.45.